The lowest BCUT2D eigenvalue weighted by Gasteiger charge is -2.34. The first-order chi connectivity index (χ1) is 20.0. The van der Waals surface area contributed by atoms with Crippen molar-refractivity contribution in [3.8, 4) is 11.3 Å². The van der Waals surface area contributed by atoms with Crippen molar-refractivity contribution >= 4 is 46.5 Å². The number of H-pyrrole nitrogens is 1. The maximum atomic E-state index is 12.6. The van der Waals surface area contributed by atoms with Crippen LogP contribution in [0, 0.1) is 0 Å². The molecule has 1 aliphatic rings. The normalized spacial score (nSPS) is 15.1. The zero-order valence-electron chi connectivity index (χ0n) is 23.5. The number of amides is 1. The molecule has 5 heterocycles. The lowest BCUT2D eigenvalue weighted by molar-refractivity contribution is -0.117. The van der Waals surface area contributed by atoms with Gasteiger partial charge in [-0.05, 0) is 45.2 Å². The van der Waals surface area contributed by atoms with Crippen molar-refractivity contribution in [3.63, 3.8) is 0 Å². The highest BCUT2D eigenvalue weighted by molar-refractivity contribution is 5.99. The number of anilines is 1. The highest BCUT2D eigenvalue weighted by Crippen LogP contribution is 2.31. The highest BCUT2D eigenvalue weighted by atomic mass is 16.1. The van der Waals surface area contributed by atoms with E-state index in [1.165, 1.54) is 6.33 Å². The summed E-state index contributed by atoms with van der Waals surface area (Å²) in [6.45, 7) is 13.3. The number of likely N-dealkylation sites (N-methyl/N-ethyl adjacent to an activating group) is 1. The van der Waals surface area contributed by atoms with Crippen LogP contribution in [0.25, 0.3) is 33.3 Å². The fourth-order valence-electron chi connectivity index (χ4n) is 4.89. The first-order valence-corrected chi connectivity index (χ1v) is 13.9. The molecule has 0 spiro atoms. The Balaban J connectivity index is 1.16. The molecule has 0 unspecified atom stereocenters. The Morgan fingerprint density at radius 1 is 1.22 bits per heavy atom. The molecular weight excluding hydrogens is 520 g/mol. The molecule has 0 bridgehead atoms. The topological polar surface area (TPSA) is 159 Å². The number of aryl methyl sites for hydroxylation is 1. The van der Waals surface area contributed by atoms with Gasteiger partial charge in [-0.1, -0.05) is 6.92 Å². The number of nitrogens with zero attached hydrogens (tertiary/aromatic N) is 9. The molecule has 1 aliphatic heterocycles. The zero-order valence-corrected chi connectivity index (χ0v) is 23.5. The second-order valence-corrected chi connectivity index (χ2v) is 9.95. The van der Waals surface area contributed by atoms with Crippen molar-refractivity contribution in [2.45, 2.75) is 33.2 Å². The number of carbonyl (C=O) groups excluding carboxylic acids is 1. The van der Waals surface area contributed by atoms with Crippen molar-refractivity contribution in [1.29, 1.82) is 0 Å². The number of nitrogen functional groups attached to an aromatic ring is 1. The third-order valence-electron chi connectivity index (χ3n) is 7.29. The molecule has 0 radical (unpaired) electrons. The number of rotatable bonds is 9. The van der Waals surface area contributed by atoms with Crippen LogP contribution in [0.15, 0.2) is 52.6 Å². The monoisotopic (exact) mass is 556 g/mol. The van der Waals surface area contributed by atoms with Crippen molar-refractivity contribution in [1.82, 2.24) is 44.8 Å². The van der Waals surface area contributed by atoms with Crippen molar-refractivity contribution < 1.29 is 4.79 Å². The fraction of sp³-hybridized carbons (Fsp3) is 0.393. The minimum Gasteiger partial charge on any atom is -0.383 e. The van der Waals surface area contributed by atoms with E-state index in [-0.39, 0.29) is 5.91 Å². The van der Waals surface area contributed by atoms with Gasteiger partial charge in [0.05, 0.1) is 5.39 Å². The largest absolute Gasteiger partial charge is 0.383 e. The van der Waals surface area contributed by atoms with Crippen LogP contribution in [0.2, 0.25) is 0 Å². The summed E-state index contributed by atoms with van der Waals surface area (Å²) in [7, 11) is 0. The lowest BCUT2D eigenvalue weighted by atomic mass is 10.1. The van der Waals surface area contributed by atoms with E-state index in [0.717, 1.165) is 62.2 Å². The number of fused-ring (bicyclic) bond motifs is 2. The second kappa shape index (κ2) is 12.7. The first kappa shape index (κ1) is 27.9. The summed E-state index contributed by atoms with van der Waals surface area (Å²) in [6.07, 6.45) is 8.18. The Bertz CT molecular complexity index is 1590. The second-order valence-electron chi connectivity index (χ2n) is 9.95. The van der Waals surface area contributed by atoms with E-state index in [2.05, 4.69) is 58.7 Å². The summed E-state index contributed by atoms with van der Waals surface area (Å²) in [5.41, 5.74) is 9.78. The Morgan fingerprint density at radius 2 is 2.05 bits per heavy atom. The van der Waals surface area contributed by atoms with Gasteiger partial charge < -0.3 is 25.8 Å². The maximum absolute atomic E-state index is 12.6. The van der Waals surface area contributed by atoms with Gasteiger partial charge in [-0.2, -0.15) is 5.10 Å². The van der Waals surface area contributed by atoms with Crippen LogP contribution in [0.1, 0.15) is 26.7 Å². The molecule has 0 aromatic carbocycles. The van der Waals surface area contributed by atoms with Gasteiger partial charge in [-0.15, -0.1) is 0 Å². The number of aromatic amines is 1. The molecule has 1 saturated heterocycles. The molecule has 0 saturated carbocycles. The van der Waals surface area contributed by atoms with E-state index in [4.69, 9.17) is 10.8 Å². The van der Waals surface area contributed by atoms with E-state index < -0.39 is 0 Å². The molecule has 0 atom stereocenters. The lowest BCUT2D eigenvalue weighted by Crippen LogP contribution is -2.48. The van der Waals surface area contributed by atoms with Crippen molar-refractivity contribution in [3.05, 3.63) is 42.6 Å². The number of nitrogens with two attached hydrogens (primary N) is 1. The molecule has 4 aromatic heterocycles. The number of hydrogen-bond donors (Lipinski definition) is 3. The van der Waals surface area contributed by atoms with E-state index in [9.17, 15) is 4.79 Å². The van der Waals surface area contributed by atoms with E-state index in [1.54, 1.807) is 19.3 Å². The number of carbonyl (C=O) groups is 1. The molecule has 41 heavy (non-hydrogen) atoms. The molecule has 4 N–H and O–H groups in total. The van der Waals surface area contributed by atoms with Gasteiger partial charge in [0.1, 0.15) is 23.5 Å². The number of hydrogen-bond acceptors (Lipinski definition) is 8. The van der Waals surface area contributed by atoms with Gasteiger partial charge in [-0.25, -0.2) is 29.6 Å². The summed E-state index contributed by atoms with van der Waals surface area (Å²) in [6, 6.07) is 3.99. The van der Waals surface area contributed by atoms with Crippen LogP contribution in [0.3, 0.4) is 0 Å². The molecule has 0 aliphatic carbocycles. The Morgan fingerprint density at radius 3 is 2.83 bits per heavy atom. The summed E-state index contributed by atoms with van der Waals surface area (Å²) in [5, 5.41) is 9.48. The zero-order chi connectivity index (χ0) is 28.8. The van der Waals surface area contributed by atoms with Gasteiger partial charge >= 0.3 is 0 Å². The molecular formula is C28H36N12O. The number of piperazine rings is 1. The minimum atomic E-state index is -0.159. The SMILES string of the molecule is C=NC(=N/C=C(\C)C(=O)NCCCCn1nc(-c2cnc3[nH]ccc3c2)c2c(N)ncnc21)N1CCN(CC)CC1. The predicted octanol–water partition coefficient (Wildman–Crippen LogP) is 2.45. The number of unbranched alkanes of at least 4 members (excludes halogenated alkanes) is 1. The number of guanidine groups is 1. The van der Waals surface area contributed by atoms with Gasteiger partial charge in [-0.3, -0.25) is 4.79 Å². The van der Waals surface area contributed by atoms with Gasteiger partial charge in [0.15, 0.2) is 5.65 Å². The highest BCUT2D eigenvalue weighted by Gasteiger charge is 2.19. The van der Waals surface area contributed by atoms with Crippen molar-refractivity contribution in [2.75, 3.05) is 45.0 Å². The smallest absolute Gasteiger partial charge is 0.248 e. The summed E-state index contributed by atoms with van der Waals surface area (Å²) in [4.78, 5) is 41.8. The van der Waals surface area contributed by atoms with Crippen LogP contribution in [0.5, 0.6) is 0 Å². The Labute approximate surface area is 238 Å². The summed E-state index contributed by atoms with van der Waals surface area (Å²) in [5.74, 6) is 0.764. The van der Waals surface area contributed by atoms with Crippen LogP contribution in [-0.2, 0) is 11.3 Å². The van der Waals surface area contributed by atoms with Gasteiger partial charge in [0.25, 0.3) is 0 Å². The molecule has 1 fully saturated rings. The summed E-state index contributed by atoms with van der Waals surface area (Å²) < 4.78 is 1.84. The average molecular weight is 557 g/mol. The number of nitrogens with one attached hydrogen (secondary N) is 2. The van der Waals surface area contributed by atoms with Gasteiger partial charge in [0.2, 0.25) is 11.9 Å². The standard InChI is InChI=1S/C28H36N12O/c1-4-38-11-13-39(14-12-38)28(30-3)34-16-19(2)27(41)32-8-5-6-10-40-26-22(24(29)35-18-36-26)23(37-40)21-15-20-7-9-31-25(20)33-17-21/h7,9,15-18H,3-6,8,10-14H2,1-2H3,(H,31,33)(H,32,41)(H2,29,35,36)/b19-16+,34-28?. The number of aromatic nitrogens is 6. The van der Waals surface area contributed by atoms with Crippen LogP contribution in [-0.4, -0.2) is 97.4 Å². The fourth-order valence-corrected chi connectivity index (χ4v) is 4.89. The maximum Gasteiger partial charge on any atom is 0.248 e. The minimum absolute atomic E-state index is 0.159. The van der Waals surface area contributed by atoms with Crippen LogP contribution < -0.4 is 11.1 Å². The molecule has 214 valence electrons. The van der Waals surface area contributed by atoms with Gasteiger partial charge in [0, 0.05) is 74.4 Å². The van der Waals surface area contributed by atoms with Crippen LogP contribution >= 0.6 is 0 Å². The predicted molar refractivity (Wildman–Crippen MR) is 161 cm³/mol. The third-order valence-corrected chi connectivity index (χ3v) is 7.29. The van der Waals surface area contributed by atoms with Crippen LogP contribution in [0.4, 0.5) is 5.82 Å². The Hall–Kier alpha value is -4.65. The molecule has 13 heteroatoms. The number of aliphatic imine (C=N–C) groups is 2. The first-order valence-electron chi connectivity index (χ1n) is 13.9. The average Bonchev–Trinajstić information content (AvgIpc) is 3.62. The summed E-state index contributed by atoms with van der Waals surface area (Å²) >= 11 is 0. The van der Waals surface area contributed by atoms with E-state index in [0.29, 0.717) is 47.2 Å². The van der Waals surface area contributed by atoms with Crippen molar-refractivity contribution in [2.24, 2.45) is 9.98 Å². The van der Waals surface area contributed by atoms with E-state index >= 15 is 0 Å². The van der Waals surface area contributed by atoms with E-state index in [1.807, 2.05) is 23.0 Å². The third kappa shape index (κ3) is 6.24. The number of pyridine rings is 1. The molecule has 13 nitrogen and oxygen atoms in total. The molecule has 5 rings (SSSR count). The quantitative estimate of drug-likeness (QED) is 0.123. The Kier molecular flexibility index (Phi) is 8.63. The molecule has 1 amide bonds. The molecule has 4 aromatic rings.